The Morgan fingerprint density at radius 3 is 2.25 bits per heavy atom. The van der Waals surface area contributed by atoms with Crippen LogP contribution in [0.4, 0.5) is 0 Å². The molecule has 68 valence electrons. The first-order chi connectivity index (χ1) is 5.33. The summed E-state index contributed by atoms with van der Waals surface area (Å²) in [6.07, 6.45) is 0. The Bertz CT molecular complexity index is 213. The Kier molecular flexibility index (Phi) is 6.09. The van der Waals surface area contributed by atoms with Gasteiger partial charge in [0.15, 0.2) is 0 Å². The largest absolute Gasteiger partial charge is 0.450 e. The Morgan fingerprint density at radius 2 is 1.75 bits per heavy atom. The van der Waals surface area contributed by atoms with Crippen molar-refractivity contribution < 1.29 is 9.05 Å². The Labute approximate surface area is 80.6 Å². The minimum Gasteiger partial charge on any atom is -0.450 e. The average Bonchev–Trinajstić information content (AvgIpc) is 2.04. The second-order valence-corrected chi connectivity index (χ2v) is 2.98. The molecule has 0 amide bonds. The molecule has 0 radical (unpaired) electrons. The van der Waals surface area contributed by atoms with Gasteiger partial charge in [-0.3, -0.25) is 0 Å². The summed E-state index contributed by atoms with van der Waals surface area (Å²) in [6.45, 7) is 2.04. The van der Waals surface area contributed by atoms with Gasteiger partial charge in [-0.05, 0) is 19.1 Å². The highest BCUT2D eigenvalue weighted by Crippen LogP contribution is 2.20. The van der Waals surface area contributed by atoms with E-state index in [4.69, 9.17) is 9.05 Å². The normalized spacial score (nSPS) is 9.83. The van der Waals surface area contributed by atoms with Crippen molar-refractivity contribution >= 4 is 21.4 Å². The van der Waals surface area contributed by atoms with Crippen molar-refractivity contribution in [3.05, 3.63) is 29.8 Å². The summed E-state index contributed by atoms with van der Waals surface area (Å²) < 4.78 is 10.00. The molecule has 0 fully saturated rings. The highest BCUT2D eigenvalue weighted by Gasteiger charge is 1.90. The van der Waals surface area contributed by atoms with Gasteiger partial charge < -0.3 is 9.05 Å². The molecule has 12 heavy (non-hydrogen) atoms. The number of hydrogen-bond acceptors (Lipinski definition) is 2. The van der Waals surface area contributed by atoms with Crippen LogP contribution in [0.25, 0.3) is 0 Å². The molecule has 0 aliphatic heterocycles. The number of benzene rings is 1. The van der Waals surface area contributed by atoms with E-state index in [9.17, 15) is 0 Å². The van der Waals surface area contributed by atoms with Gasteiger partial charge in [-0.25, -0.2) is 0 Å². The first-order valence-corrected chi connectivity index (χ1v) is 4.16. The SMILES string of the molecule is COPOc1ccc(C)cc1.Cl. The molecule has 2 nitrogen and oxygen atoms in total. The van der Waals surface area contributed by atoms with Crippen molar-refractivity contribution in [3.8, 4) is 5.75 Å². The van der Waals surface area contributed by atoms with Gasteiger partial charge in [0.2, 0.25) is 9.03 Å². The van der Waals surface area contributed by atoms with E-state index >= 15 is 0 Å². The summed E-state index contributed by atoms with van der Waals surface area (Å²) in [6, 6.07) is 7.88. The zero-order chi connectivity index (χ0) is 8.10. The van der Waals surface area contributed by atoms with E-state index in [1.807, 2.05) is 31.2 Å². The molecule has 1 aromatic carbocycles. The van der Waals surface area contributed by atoms with Crippen molar-refractivity contribution in [1.29, 1.82) is 0 Å². The van der Waals surface area contributed by atoms with Crippen LogP contribution in [0.15, 0.2) is 24.3 Å². The van der Waals surface area contributed by atoms with Gasteiger partial charge in [0.1, 0.15) is 5.75 Å². The number of halogens is 1. The van der Waals surface area contributed by atoms with Gasteiger partial charge >= 0.3 is 0 Å². The van der Waals surface area contributed by atoms with Gasteiger partial charge in [-0.1, -0.05) is 17.7 Å². The van der Waals surface area contributed by atoms with Crippen molar-refractivity contribution in [2.24, 2.45) is 0 Å². The molecule has 0 aliphatic rings. The monoisotopic (exact) mass is 206 g/mol. The molecule has 1 atom stereocenters. The lowest BCUT2D eigenvalue weighted by Crippen LogP contribution is -1.78. The fourth-order valence-corrected chi connectivity index (χ4v) is 1.01. The molecule has 1 aromatic rings. The van der Waals surface area contributed by atoms with Gasteiger partial charge in [-0.2, -0.15) is 0 Å². The molecule has 0 aliphatic carbocycles. The van der Waals surface area contributed by atoms with E-state index in [2.05, 4.69) is 0 Å². The van der Waals surface area contributed by atoms with Gasteiger partial charge in [-0.15, -0.1) is 12.4 Å². The van der Waals surface area contributed by atoms with Gasteiger partial charge in [0.25, 0.3) is 0 Å². The summed E-state index contributed by atoms with van der Waals surface area (Å²) in [5.74, 6) is 0.857. The molecule has 1 rings (SSSR count). The van der Waals surface area contributed by atoms with Crippen LogP contribution in [0, 0.1) is 6.92 Å². The smallest absolute Gasteiger partial charge is 0.215 e. The van der Waals surface area contributed by atoms with E-state index < -0.39 is 0 Å². The minimum atomic E-state index is 0. The fraction of sp³-hybridized carbons (Fsp3) is 0.250. The Hall–Kier alpha value is -0.300. The highest BCUT2D eigenvalue weighted by atomic mass is 35.5. The second-order valence-electron chi connectivity index (χ2n) is 2.20. The molecule has 0 aromatic heterocycles. The summed E-state index contributed by atoms with van der Waals surface area (Å²) >= 11 is 0. The lowest BCUT2D eigenvalue weighted by molar-refractivity contribution is 0.417. The van der Waals surface area contributed by atoms with E-state index in [0.717, 1.165) is 5.75 Å². The van der Waals surface area contributed by atoms with Crippen LogP contribution in [0.5, 0.6) is 5.75 Å². The van der Waals surface area contributed by atoms with Crippen molar-refractivity contribution in [3.63, 3.8) is 0 Å². The van der Waals surface area contributed by atoms with Crippen LogP contribution in [-0.4, -0.2) is 7.11 Å². The predicted molar refractivity (Wildman–Crippen MR) is 54.4 cm³/mol. The summed E-state index contributed by atoms with van der Waals surface area (Å²) in [5.41, 5.74) is 1.23. The van der Waals surface area contributed by atoms with Crippen LogP contribution >= 0.6 is 21.4 Å². The molecular weight excluding hydrogens is 195 g/mol. The summed E-state index contributed by atoms with van der Waals surface area (Å²) in [4.78, 5) is 0. The molecular formula is C8H12ClO2P. The van der Waals surface area contributed by atoms with E-state index in [-0.39, 0.29) is 21.4 Å². The molecule has 0 bridgehead atoms. The third kappa shape index (κ3) is 3.91. The minimum absolute atomic E-state index is 0. The summed E-state index contributed by atoms with van der Waals surface area (Å²) in [5, 5.41) is 0. The number of rotatable bonds is 3. The maximum Gasteiger partial charge on any atom is 0.215 e. The fourth-order valence-electron chi connectivity index (χ4n) is 0.696. The number of hydrogen-bond donors (Lipinski definition) is 0. The highest BCUT2D eigenvalue weighted by molar-refractivity contribution is 7.26. The lowest BCUT2D eigenvalue weighted by atomic mass is 10.2. The van der Waals surface area contributed by atoms with Crippen LogP contribution < -0.4 is 4.52 Å². The third-order valence-corrected chi connectivity index (χ3v) is 1.75. The average molecular weight is 207 g/mol. The Morgan fingerprint density at radius 1 is 1.17 bits per heavy atom. The first kappa shape index (κ1) is 11.7. The van der Waals surface area contributed by atoms with Crippen LogP contribution in [0.1, 0.15) is 5.56 Å². The van der Waals surface area contributed by atoms with Crippen molar-refractivity contribution in [2.45, 2.75) is 6.92 Å². The molecule has 0 spiro atoms. The molecule has 0 saturated heterocycles. The zero-order valence-electron chi connectivity index (χ0n) is 7.03. The first-order valence-electron chi connectivity index (χ1n) is 3.34. The van der Waals surface area contributed by atoms with Crippen molar-refractivity contribution in [1.82, 2.24) is 0 Å². The van der Waals surface area contributed by atoms with E-state index in [0.29, 0.717) is 0 Å². The van der Waals surface area contributed by atoms with E-state index in [1.54, 1.807) is 7.11 Å². The van der Waals surface area contributed by atoms with Gasteiger partial charge in [0, 0.05) is 7.11 Å². The van der Waals surface area contributed by atoms with Crippen LogP contribution in [0.2, 0.25) is 0 Å². The predicted octanol–water partition coefficient (Wildman–Crippen LogP) is 2.95. The molecule has 0 heterocycles. The van der Waals surface area contributed by atoms with E-state index in [1.165, 1.54) is 5.56 Å². The van der Waals surface area contributed by atoms with Crippen LogP contribution in [0.3, 0.4) is 0 Å². The molecule has 0 N–H and O–H groups in total. The quantitative estimate of drug-likeness (QED) is 0.708. The second kappa shape index (κ2) is 6.24. The maximum absolute atomic E-state index is 5.22. The van der Waals surface area contributed by atoms with Gasteiger partial charge in [0.05, 0.1) is 0 Å². The number of aryl methyl sites for hydroxylation is 1. The standard InChI is InChI=1S/C8H11O2P.ClH/c1-7-3-5-8(6-4-7)10-11-9-2;/h3-6,11H,1-2H3;1H. The van der Waals surface area contributed by atoms with Crippen molar-refractivity contribution in [2.75, 3.05) is 7.11 Å². The topological polar surface area (TPSA) is 18.5 Å². The maximum atomic E-state index is 5.22. The molecule has 1 unspecified atom stereocenters. The third-order valence-electron chi connectivity index (χ3n) is 1.26. The summed E-state index contributed by atoms with van der Waals surface area (Å²) in [7, 11) is 1.71. The molecule has 4 heteroatoms. The zero-order valence-corrected chi connectivity index (χ0v) is 8.85. The Balaban J connectivity index is 0.00000121. The van der Waals surface area contributed by atoms with Crippen LogP contribution in [-0.2, 0) is 4.52 Å². The lowest BCUT2D eigenvalue weighted by Gasteiger charge is -2.02. The molecule has 0 saturated carbocycles.